The number of hydrogen-bond acceptors (Lipinski definition) is 3. The summed E-state index contributed by atoms with van der Waals surface area (Å²) in [7, 11) is 0. The molecule has 1 fully saturated rings. The zero-order chi connectivity index (χ0) is 13.7. The monoisotopic (exact) mass is 261 g/mol. The average Bonchev–Trinajstić information content (AvgIpc) is 2.45. The maximum absolute atomic E-state index is 11.9. The molecule has 4 heteroatoms. The Hall–Kier alpha value is -1.58. The van der Waals surface area contributed by atoms with Gasteiger partial charge in [-0.3, -0.25) is 9.78 Å². The van der Waals surface area contributed by atoms with Crippen molar-refractivity contribution in [3.8, 4) is 0 Å². The van der Waals surface area contributed by atoms with Crippen LogP contribution in [0, 0.1) is 5.92 Å². The van der Waals surface area contributed by atoms with Gasteiger partial charge in [0.25, 0.3) is 5.91 Å². The van der Waals surface area contributed by atoms with Gasteiger partial charge in [-0.25, -0.2) is 0 Å². The van der Waals surface area contributed by atoms with Crippen LogP contribution < -0.4 is 10.2 Å². The number of pyridine rings is 1. The average molecular weight is 261 g/mol. The number of carbonyl (C=O) groups excluding carboxylic acids is 1. The van der Waals surface area contributed by atoms with Gasteiger partial charge in [-0.05, 0) is 37.3 Å². The molecule has 0 radical (unpaired) electrons. The van der Waals surface area contributed by atoms with Crippen LogP contribution in [0.5, 0.6) is 0 Å². The molecule has 0 saturated carbocycles. The molecule has 1 saturated heterocycles. The lowest BCUT2D eigenvalue weighted by Crippen LogP contribution is -2.33. The molecule has 0 spiro atoms. The van der Waals surface area contributed by atoms with Crippen LogP contribution in [0.15, 0.2) is 18.3 Å². The number of anilines is 1. The molecule has 0 aromatic carbocycles. The molecule has 19 heavy (non-hydrogen) atoms. The first-order chi connectivity index (χ1) is 9.20. The number of hydrogen-bond donors (Lipinski definition) is 1. The fourth-order valence-electron chi connectivity index (χ4n) is 2.34. The minimum absolute atomic E-state index is 0.0749. The first-order valence-electron chi connectivity index (χ1n) is 7.20. The van der Waals surface area contributed by atoms with Crippen molar-refractivity contribution in [3.05, 3.63) is 24.0 Å². The van der Waals surface area contributed by atoms with Gasteiger partial charge in [0.05, 0.1) is 0 Å². The highest BCUT2D eigenvalue weighted by Gasteiger charge is 2.17. The molecule has 0 bridgehead atoms. The summed E-state index contributed by atoms with van der Waals surface area (Å²) in [5.41, 5.74) is 1.63. The van der Waals surface area contributed by atoms with Gasteiger partial charge in [0.1, 0.15) is 5.69 Å². The normalized spacial score (nSPS) is 16.4. The van der Waals surface area contributed by atoms with Gasteiger partial charge in [-0.1, -0.05) is 13.8 Å². The van der Waals surface area contributed by atoms with Gasteiger partial charge in [0.15, 0.2) is 0 Å². The molecule has 2 rings (SSSR count). The van der Waals surface area contributed by atoms with Crippen LogP contribution in [0.25, 0.3) is 0 Å². The minimum atomic E-state index is -0.0749. The van der Waals surface area contributed by atoms with Gasteiger partial charge in [-0.2, -0.15) is 0 Å². The smallest absolute Gasteiger partial charge is 0.269 e. The van der Waals surface area contributed by atoms with E-state index in [0.29, 0.717) is 12.2 Å². The lowest BCUT2D eigenvalue weighted by atomic mass is 9.99. The number of aromatic nitrogens is 1. The molecule has 4 nitrogen and oxygen atoms in total. The van der Waals surface area contributed by atoms with Crippen molar-refractivity contribution in [2.45, 2.75) is 33.1 Å². The third kappa shape index (κ3) is 3.69. The summed E-state index contributed by atoms with van der Waals surface area (Å²) in [6.07, 6.45) is 5.11. The zero-order valence-corrected chi connectivity index (χ0v) is 11.9. The summed E-state index contributed by atoms with van der Waals surface area (Å²) in [5.74, 6) is 0.736. The van der Waals surface area contributed by atoms with Gasteiger partial charge in [0, 0.05) is 31.5 Å². The Balaban J connectivity index is 2.04. The van der Waals surface area contributed by atoms with E-state index in [9.17, 15) is 4.79 Å². The Morgan fingerprint density at radius 1 is 1.47 bits per heavy atom. The highest BCUT2D eigenvalue weighted by molar-refractivity contribution is 5.93. The molecule has 0 atom stereocenters. The predicted octanol–water partition coefficient (Wildman–Crippen LogP) is 2.46. The summed E-state index contributed by atoms with van der Waals surface area (Å²) in [5, 5.41) is 2.87. The van der Waals surface area contributed by atoms with E-state index in [2.05, 4.69) is 22.1 Å². The predicted molar refractivity (Wildman–Crippen MR) is 77.5 cm³/mol. The Kier molecular flexibility index (Phi) is 4.77. The first-order valence-corrected chi connectivity index (χ1v) is 7.20. The Morgan fingerprint density at radius 2 is 2.21 bits per heavy atom. The zero-order valence-electron chi connectivity index (χ0n) is 11.9. The van der Waals surface area contributed by atoms with Gasteiger partial charge in [-0.15, -0.1) is 0 Å². The third-order valence-corrected chi connectivity index (χ3v) is 3.66. The van der Waals surface area contributed by atoms with E-state index in [1.165, 1.54) is 12.8 Å². The van der Waals surface area contributed by atoms with E-state index in [-0.39, 0.29) is 5.91 Å². The Labute approximate surface area is 115 Å². The van der Waals surface area contributed by atoms with Crippen LogP contribution in [0.3, 0.4) is 0 Å². The van der Waals surface area contributed by atoms with Crippen molar-refractivity contribution < 1.29 is 4.79 Å². The molecule has 104 valence electrons. The van der Waals surface area contributed by atoms with Crippen LogP contribution >= 0.6 is 0 Å². The van der Waals surface area contributed by atoms with E-state index >= 15 is 0 Å². The number of amides is 1. The summed E-state index contributed by atoms with van der Waals surface area (Å²) in [4.78, 5) is 18.4. The number of carbonyl (C=O) groups is 1. The molecule has 1 amide bonds. The number of nitrogens with one attached hydrogen (secondary N) is 1. The van der Waals surface area contributed by atoms with Crippen LogP contribution in [0.2, 0.25) is 0 Å². The van der Waals surface area contributed by atoms with Crippen molar-refractivity contribution in [2.24, 2.45) is 5.92 Å². The second-order valence-electron chi connectivity index (χ2n) is 5.32. The number of rotatable bonds is 4. The lowest BCUT2D eigenvalue weighted by Gasteiger charge is -2.32. The largest absolute Gasteiger partial charge is 0.371 e. The fraction of sp³-hybridized carbons (Fsp3) is 0.600. The first kappa shape index (κ1) is 13.8. The van der Waals surface area contributed by atoms with E-state index < -0.39 is 0 Å². The van der Waals surface area contributed by atoms with E-state index in [1.807, 2.05) is 19.1 Å². The second-order valence-corrected chi connectivity index (χ2v) is 5.32. The summed E-state index contributed by atoms with van der Waals surface area (Å²) in [6, 6.07) is 3.90. The van der Waals surface area contributed by atoms with Crippen molar-refractivity contribution >= 4 is 11.6 Å². The highest BCUT2D eigenvalue weighted by atomic mass is 16.1. The van der Waals surface area contributed by atoms with E-state index in [4.69, 9.17) is 0 Å². The number of piperidine rings is 1. The van der Waals surface area contributed by atoms with Gasteiger partial charge >= 0.3 is 0 Å². The Bertz CT molecular complexity index is 425. The summed E-state index contributed by atoms with van der Waals surface area (Å²) in [6.45, 7) is 7.18. The van der Waals surface area contributed by atoms with E-state index in [0.717, 1.165) is 31.1 Å². The lowest BCUT2D eigenvalue weighted by molar-refractivity contribution is 0.0948. The molecule has 0 unspecified atom stereocenters. The quantitative estimate of drug-likeness (QED) is 0.905. The highest BCUT2D eigenvalue weighted by Crippen LogP contribution is 2.22. The van der Waals surface area contributed by atoms with Crippen LogP contribution in [-0.4, -0.2) is 30.5 Å². The van der Waals surface area contributed by atoms with Crippen LogP contribution in [-0.2, 0) is 0 Å². The Morgan fingerprint density at radius 3 is 2.89 bits per heavy atom. The standard InChI is InChI=1S/C15H23N3O/c1-3-7-17-15(19)14-11-13(4-8-16-14)18-9-5-12(2)6-10-18/h4,8,11-12H,3,5-7,9-10H2,1-2H3,(H,17,19). The molecule has 1 aromatic rings. The third-order valence-electron chi connectivity index (χ3n) is 3.66. The van der Waals surface area contributed by atoms with E-state index in [1.54, 1.807) is 6.20 Å². The van der Waals surface area contributed by atoms with Gasteiger partial charge in [0.2, 0.25) is 0 Å². The maximum atomic E-state index is 11.9. The van der Waals surface area contributed by atoms with Gasteiger partial charge < -0.3 is 10.2 Å². The molecule has 1 aromatic heterocycles. The minimum Gasteiger partial charge on any atom is -0.371 e. The van der Waals surface area contributed by atoms with Crippen LogP contribution in [0.1, 0.15) is 43.6 Å². The topological polar surface area (TPSA) is 45.2 Å². The SMILES string of the molecule is CCCNC(=O)c1cc(N2CCC(C)CC2)ccn1. The molecule has 1 N–H and O–H groups in total. The van der Waals surface area contributed by atoms with Crippen molar-refractivity contribution in [1.82, 2.24) is 10.3 Å². The van der Waals surface area contributed by atoms with Crippen molar-refractivity contribution in [3.63, 3.8) is 0 Å². The van der Waals surface area contributed by atoms with Crippen molar-refractivity contribution in [1.29, 1.82) is 0 Å². The molecular formula is C15H23N3O. The maximum Gasteiger partial charge on any atom is 0.269 e. The summed E-state index contributed by atoms with van der Waals surface area (Å²) < 4.78 is 0. The molecule has 1 aliphatic heterocycles. The molecule has 0 aliphatic carbocycles. The molecular weight excluding hydrogens is 238 g/mol. The molecule has 2 heterocycles. The van der Waals surface area contributed by atoms with Crippen LogP contribution in [0.4, 0.5) is 5.69 Å². The second kappa shape index (κ2) is 6.55. The fourth-order valence-corrected chi connectivity index (χ4v) is 2.34. The summed E-state index contributed by atoms with van der Waals surface area (Å²) >= 11 is 0. The van der Waals surface area contributed by atoms with Crippen molar-refractivity contribution in [2.75, 3.05) is 24.5 Å². The molecule has 1 aliphatic rings. The number of nitrogens with zero attached hydrogens (tertiary/aromatic N) is 2.